The zero-order valence-electron chi connectivity index (χ0n) is 14.9. The minimum Gasteiger partial charge on any atom is -0.490 e. The second kappa shape index (κ2) is 11.4. The van der Waals surface area contributed by atoms with Crippen molar-refractivity contribution in [3.05, 3.63) is 23.8 Å². The highest BCUT2D eigenvalue weighted by Crippen LogP contribution is 2.30. The second-order valence-corrected chi connectivity index (χ2v) is 6.14. The Hall–Kier alpha value is -1.18. The molecule has 0 saturated carbocycles. The molecule has 0 saturated heterocycles. The molecule has 0 aromatic heterocycles. The summed E-state index contributed by atoms with van der Waals surface area (Å²) in [7, 11) is 0. The Kier molecular flexibility index (Phi) is 9.90. The number of nitrogens with one attached hydrogen (secondary N) is 2. The molecule has 0 bridgehead atoms. The van der Waals surface area contributed by atoms with Crippen molar-refractivity contribution in [1.82, 2.24) is 10.6 Å². The topological polar surface area (TPSA) is 54.9 Å². The Morgan fingerprint density at radius 1 is 1.17 bits per heavy atom. The van der Waals surface area contributed by atoms with Crippen LogP contribution in [-0.2, 0) is 6.54 Å². The molecule has 1 aromatic rings. The van der Waals surface area contributed by atoms with Gasteiger partial charge in [0.15, 0.2) is 17.5 Å². The largest absolute Gasteiger partial charge is 0.490 e. The summed E-state index contributed by atoms with van der Waals surface area (Å²) in [5.74, 6) is 3.21. The SMILES string of the molecule is CCNC(=NCc1ccc2c(c1)OCCCO2)NCCC(C)C.I. The molecule has 0 unspecified atom stereocenters. The first kappa shape index (κ1) is 20.9. The molecule has 136 valence electrons. The molecular formula is C18H30IN3O2. The molecule has 0 spiro atoms. The molecule has 0 amide bonds. The van der Waals surface area contributed by atoms with Gasteiger partial charge in [-0.25, -0.2) is 4.99 Å². The fourth-order valence-corrected chi connectivity index (χ4v) is 2.30. The third-order valence-corrected chi connectivity index (χ3v) is 3.59. The minimum atomic E-state index is 0. The molecule has 0 radical (unpaired) electrons. The Bertz CT molecular complexity index is 521. The fraction of sp³-hybridized carbons (Fsp3) is 0.611. The average Bonchev–Trinajstić information content (AvgIpc) is 2.77. The quantitative estimate of drug-likeness (QED) is 0.398. The minimum absolute atomic E-state index is 0. The number of benzene rings is 1. The zero-order valence-corrected chi connectivity index (χ0v) is 17.3. The number of nitrogens with zero attached hydrogens (tertiary/aromatic N) is 1. The van der Waals surface area contributed by atoms with E-state index in [1.54, 1.807) is 0 Å². The summed E-state index contributed by atoms with van der Waals surface area (Å²) >= 11 is 0. The van der Waals surface area contributed by atoms with Crippen LogP contribution in [0.25, 0.3) is 0 Å². The number of hydrogen-bond acceptors (Lipinski definition) is 3. The van der Waals surface area contributed by atoms with Crippen LogP contribution in [-0.4, -0.2) is 32.3 Å². The first-order valence-electron chi connectivity index (χ1n) is 8.59. The Labute approximate surface area is 162 Å². The highest BCUT2D eigenvalue weighted by Gasteiger charge is 2.10. The van der Waals surface area contributed by atoms with E-state index >= 15 is 0 Å². The summed E-state index contributed by atoms with van der Waals surface area (Å²) in [6.45, 7) is 10.4. The van der Waals surface area contributed by atoms with Crippen LogP contribution in [0.15, 0.2) is 23.2 Å². The van der Waals surface area contributed by atoms with Crippen molar-refractivity contribution < 1.29 is 9.47 Å². The lowest BCUT2D eigenvalue weighted by molar-refractivity contribution is 0.297. The van der Waals surface area contributed by atoms with Crippen LogP contribution >= 0.6 is 24.0 Å². The lowest BCUT2D eigenvalue weighted by Crippen LogP contribution is -2.38. The van der Waals surface area contributed by atoms with E-state index in [2.05, 4.69) is 42.5 Å². The Balaban J connectivity index is 0.00000288. The standard InChI is InChI=1S/C18H29N3O2.HI/c1-4-19-18(20-9-8-14(2)3)21-13-15-6-7-16-17(12-15)23-11-5-10-22-16;/h6-7,12,14H,4-5,8-11,13H2,1-3H3,(H2,19,20,21);1H. The van der Waals surface area contributed by atoms with E-state index in [9.17, 15) is 0 Å². The molecule has 6 heteroatoms. The lowest BCUT2D eigenvalue weighted by Gasteiger charge is -2.13. The summed E-state index contributed by atoms with van der Waals surface area (Å²) in [5, 5.41) is 6.66. The van der Waals surface area contributed by atoms with E-state index in [1.165, 1.54) is 0 Å². The zero-order chi connectivity index (χ0) is 16.5. The molecule has 0 atom stereocenters. The van der Waals surface area contributed by atoms with Crippen molar-refractivity contribution in [3.63, 3.8) is 0 Å². The predicted octanol–water partition coefficient (Wildman–Crippen LogP) is 3.57. The molecule has 5 nitrogen and oxygen atoms in total. The van der Waals surface area contributed by atoms with Gasteiger partial charge in [-0.05, 0) is 37.0 Å². The van der Waals surface area contributed by atoms with Crippen molar-refractivity contribution in [2.75, 3.05) is 26.3 Å². The van der Waals surface area contributed by atoms with Gasteiger partial charge in [0.25, 0.3) is 0 Å². The Morgan fingerprint density at radius 3 is 2.62 bits per heavy atom. The Morgan fingerprint density at radius 2 is 1.92 bits per heavy atom. The normalized spacial score (nSPS) is 13.9. The van der Waals surface area contributed by atoms with Crippen molar-refractivity contribution >= 4 is 29.9 Å². The molecule has 1 heterocycles. The van der Waals surface area contributed by atoms with Crippen LogP contribution in [0.3, 0.4) is 0 Å². The summed E-state index contributed by atoms with van der Waals surface area (Å²) in [5.41, 5.74) is 1.12. The predicted molar refractivity (Wildman–Crippen MR) is 110 cm³/mol. The highest BCUT2D eigenvalue weighted by molar-refractivity contribution is 14.0. The maximum atomic E-state index is 5.73. The van der Waals surface area contributed by atoms with E-state index in [0.29, 0.717) is 19.1 Å². The molecule has 2 rings (SSSR count). The third-order valence-electron chi connectivity index (χ3n) is 3.59. The van der Waals surface area contributed by atoms with Gasteiger partial charge in [-0.15, -0.1) is 24.0 Å². The molecule has 24 heavy (non-hydrogen) atoms. The van der Waals surface area contributed by atoms with Gasteiger partial charge >= 0.3 is 0 Å². The van der Waals surface area contributed by atoms with Gasteiger partial charge in [-0.1, -0.05) is 19.9 Å². The molecule has 0 aliphatic carbocycles. The molecule has 1 aliphatic rings. The molecule has 1 aromatic carbocycles. The van der Waals surface area contributed by atoms with Gasteiger partial charge in [0, 0.05) is 19.5 Å². The van der Waals surface area contributed by atoms with Gasteiger partial charge in [0.1, 0.15) is 0 Å². The van der Waals surface area contributed by atoms with Crippen molar-refractivity contribution in [1.29, 1.82) is 0 Å². The number of guanidine groups is 1. The van der Waals surface area contributed by atoms with Gasteiger partial charge < -0.3 is 20.1 Å². The van der Waals surface area contributed by atoms with Crippen LogP contribution < -0.4 is 20.1 Å². The van der Waals surface area contributed by atoms with Gasteiger partial charge in [0.05, 0.1) is 19.8 Å². The van der Waals surface area contributed by atoms with Crippen LogP contribution in [0.1, 0.15) is 39.2 Å². The second-order valence-electron chi connectivity index (χ2n) is 6.14. The monoisotopic (exact) mass is 447 g/mol. The maximum absolute atomic E-state index is 5.73. The van der Waals surface area contributed by atoms with E-state index < -0.39 is 0 Å². The first-order chi connectivity index (χ1) is 11.2. The van der Waals surface area contributed by atoms with Gasteiger partial charge in [-0.3, -0.25) is 0 Å². The smallest absolute Gasteiger partial charge is 0.191 e. The highest BCUT2D eigenvalue weighted by atomic mass is 127. The van der Waals surface area contributed by atoms with Crippen LogP contribution in [0.2, 0.25) is 0 Å². The number of rotatable bonds is 6. The first-order valence-corrected chi connectivity index (χ1v) is 8.59. The van der Waals surface area contributed by atoms with Crippen LogP contribution in [0.5, 0.6) is 11.5 Å². The van der Waals surface area contributed by atoms with E-state index in [0.717, 1.165) is 55.6 Å². The van der Waals surface area contributed by atoms with Gasteiger partial charge in [-0.2, -0.15) is 0 Å². The summed E-state index contributed by atoms with van der Waals surface area (Å²) in [6, 6.07) is 6.06. The van der Waals surface area contributed by atoms with E-state index in [4.69, 9.17) is 9.47 Å². The fourth-order valence-electron chi connectivity index (χ4n) is 2.30. The number of fused-ring (bicyclic) bond motifs is 1. The van der Waals surface area contributed by atoms with E-state index in [1.807, 2.05) is 12.1 Å². The molecule has 2 N–H and O–H groups in total. The van der Waals surface area contributed by atoms with Crippen LogP contribution in [0.4, 0.5) is 0 Å². The average molecular weight is 447 g/mol. The summed E-state index contributed by atoms with van der Waals surface area (Å²) in [6.07, 6.45) is 2.06. The van der Waals surface area contributed by atoms with Crippen molar-refractivity contribution in [3.8, 4) is 11.5 Å². The molecular weight excluding hydrogens is 417 g/mol. The molecule has 0 fully saturated rings. The summed E-state index contributed by atoms with van der Waals surface area (Å²) in [4.78, 5) is 4.65. The number of halogens is 1. The van der Waals surface area contributed by atoms with E-state index in [-0.39, 0.29) is 24.0 Å². The number of hydrogen-bond donors (Lipinski definition) is 2. The van der Waals surface area contributed by atoms with Crippen molar-refractivity contribution in [2.45, 2.75) is 40.2 Å². The third kappa shape index (κ3) is 7.15. The number of ether oxygens (including phenoxy) is 2. The lowest BCUT2D eigenvalue weighted by atomic mass is 10.1. The summed E-state index contributed by atoms with van der Waals surface area (Å²) < 4.78 is 11.4. The van der Waals surface area contributed by atoms with Crippen LogP contribution in [0, 0.1) is 5.92 Å². The van der Waals surface area contributed by atoms with Crippen molar-refractivity contribution in [2.24, 2.45) is 10.9 Å². The van der Waals surface area contributed by atoms with Gasteiger partial charge in [0.2, 0.25) is 0 Å². The number of aliphatic imine (C=N–C) groups is 1. The maximum Gasteiger partial charge on any atom is 0.191 e. The molecule has 1 aliphatic heterocycles.